The third-order valence-corrected chi connectivity index (χ3v) is 7.51. The van der Waals surface area contributed by atoms with E-state index >= 15 is 0 Å². The van der Waals surface area contributed by atoms with Crippen LogP contribution in [-0.2, 0) is 16.6 Å². The van der Waals surface area contributed by atoms with Gasteiger partial charge in [-0.1, -0.05) is 54.9 Å². The summed E-state index contributed by atoms with van der Waals surface area (Å²) in [6.07, 6.45) is 4.00. The van der Waals surface area contributed by atoms with Crippen LogP contribution < -0.4 is 10.6 Å². The Balaban J connectivity index is 1.41. The van der Waals surface area contributed by atoms with Gasteiger partial charge >= 0.3 is 0 Å². The van der Waals surface area contributed by atoms with E-state index in [2.05, 4.69) is 34.6 Å². The Bertz CT molecular complexity index is 974. The highest BCUT2D eigenvalue weighted by molar-refractivity contribution is 6.31. The summed E-state index contributed by atoms with van der Waals surface area (Å²) in [6, 6.07) is 16.0. The van der Waals surface area contributed by atoms with Crippen molar-refractivity contribution in [2.75, 3.05) is 26.7 Å². The van der Waals surface area contributed by atoms with Crippen LogP contribution in [0.1, 0.15) is 47.7 Å². The number of halogens is 1. The molecule has 1 unspecified atom stereocenters. The number of hydrogen-bond donors (Lipinski definition) is 2. The van der Waals surface area contributed by atoms with E-state index in [9.17, 15) is 9.59 Å². The first-order chi connectivity index (χ1) is 15.4. The van der Waals surface area contributed by atoms with E-state index in [0.29, 0.717) is 17.1 Å². The van der Waals surface area contributed by atoms with E-state index in [-0.39, 0.29) is 29.2 Å². The number of benzene rings is 2. The molecule has 2 fully saturated rings. The molecule has 1 saturated heterocycles. The number of amides is 2. The minimum Gasteiger partial charge on any atom is -0.355 e. The molecule has 1 aliphatic heterocycles. The molecule has 5 nitrogen and oxygen atoms in total. The quantitative estimate of drug-likeness (QED) is 0.639. The van der Waals surface area contributed by atoms with Crippen LogP contribution in [0.25, 0.3) is 0 Å². The molecule has 1 heterocycles. The van der Waals surface area contributed by atoms with Crippen molar-refractivity contribution < 1.29 is 9.59 Å². The number of nitrogens with zero attached hydrogens (tertiary/aromatic N) is 1. The highest BCUT2D eigenvalue weighted by atomic mass is 35.5. The fraction of sp³-hybridized carbons (Fsp3) is 0.462. The summed E-state index contributed by atoms with van der Waals surface area (Å²) < 4.78 is 0. The first-order valence-corrected chi connectivity index (χ1v) is 11.9. The largest absolute Gasteiger partial charge is 0.355 e. The van der Waals surface area contributed by atoms with Gasteiger partial charge in [0.05, 0.1) is 0 Å². The molecule has 2 amide bonds. The molecule has 3 atom stereocenters. The molecule has 2 aromatic carbocycles. The van der Waals surface area contributed by atoms with Crippen molar-refractivity contribution >= 4 is 23.4 Å². The number of hydrogen-bond acceptors (Lipinski definition) is 3. The lowest BCUT2D eigenvalue weighted by atomic mass is 9.95. The maximum atomic E-state index is 13.0. The molecule has 0 radical (unpaired) electrons. The van der Waals surface area contributed by atoms with Gasteiger partial charge < -0.3 is 10.6 Å². The molecule has 0 bridgehead atoms. The third-order valence-electron chi connectivity index (χ3n) is 7.15. The van der Waals surface area contributed by atoms with E-state index in [1.165, 1.54) is 18.4 Å². The summed E-state index contributed by atoms with van der Waals surface area (Å²) in [5.41, 5.74) is 2.74. The first-order valence-electron chi connectivity index (χ1n) is 11.5. The Kier molecular flexibility index (Phi) is 6.87. The zero-order valence-electron chi connectivity index (χ0n) is 18.9. The lowest BCUT2D eigenvalue weighted by molar-refractivity contribution is -0.123. The van der Waals surface area contributed by atoms with Crippen molar-refractivity contribution in [1.29, 1.82) is 0 Å². The molecule has 0 spiro atoms. The maximum absolute atomic E-state index is 13.0. The molecule has 4 rings (SSSR count). The van der Waals surface area contributed by atoms with Crippen LogP contribution in [0.4, 0.5) is 0 Å². The van der Waals surface area contributed by atoms with Crippen LogP contribution in [0.2, 0.25) is 5.02 Å². The van der Waals surface area contributed by atoms with Crippen molar-refractivity contribution in [3.8, 4) is 0 Å². The van der Waals surface area contributed by atoms with Crippen molar-refractivity contribution in [3.05, 3.63) is 70.2 Å². The van der Waals surface area contributed by atoms with E-state index in [1.54, 1.807) is 13.1 Å². The van der Waals surface area contributed by atoms with E-state index in [1.807, 2.05) is 30.3 Å². The van der Waals surface area contributed by atoms with Crippen molar-refractivity contribution in [2.24, 2.45) is 5.92 Å². The number of carbonyl (C=O) groups excluding carboxylic acids is 2. The minimum absolute atomic E-state index is 0.0274. The average molecular weight is 454 g/mol. The lowest BCUT2D eigenvalue weighted by Crippen LogP contribution is -2.44. The number of rotatable bonds is 8. The van der Waals surface area contributed by atoms with Gasteiger partial charge in [0.1, 0.15) is 0 Å². The highest BCUT2D eigenvalue weighted by Crippen LogP contribution is 2.53. The second kappa shape index (κ2) is 9.63. The molecule has 0 aromatic heterocycles. The summed E-state index contributed by atoms with van der Waals surface area (Å²) in [4.78, 5) is 27.3. The fourth-order valence-corrected chi connectivity index (χ4v) is 5.17. The summed E-state index contributed by atoms with van der Waals surface area (Å²) in [5, 5.41) is 6.46. The summed E-state index contributed by atoms with van der Waals surface area (Å²) in [5.74, 6) is 0.0221. The van der Waals surface area contributed by atoms with Crippen LogP contribution in [-0.4, -0.2) is 49.4 Å². The molecule has 32 heavy (non-hydrogen) atoms. The van der Waals surface area contributed by atoms with Gasteiger partial charge in [0.15, 0.2) is 0 Å². The Morgan fingerprint density at radius 1 is 1.16 bits per heavy atom. The lowest BCUT2D eigenvalue weighted by Gasteiger charge is -2.28. The summed E-state index contributed by atoms with van der Waals surface area (Å²) in [7, 11) is 1.61. The first kappa shape index (κ1) is 22.8. The van der Waals surface area contributed by atoms with Gasteiger partial charge in [-0.15, -0.1) is 0 Å². The normalized spacial score (nSPS) is 23.5. The van der Waals surface area contributed by atoms with Crippen LogP contribution >= 0.6 is 11.6 Å². The van der Waals surface area contributed by atoms with Crippen molar-refractivity contribution in [1.82, 2.24) is 15.5 Å². The van der Waals surface area contributed by atoms with Crippen LogP contribution in [0, 0.1) is 5.92 Å². The monoisotopic (exact) mass is 453 g/mol. The van der Waals surface area contributed by atoms with Gasteiger partial charge in [-0.05, 0) is 62.0 Å². The van der Waals surface area contributed by atoms with Crippen LogP contribution in [0.15, 0.2) is 48.5 Å². The number of nitrogens with one attached hydrogen (secondary N) is 2. The van der Waals surface area contributed by atoms with Gasteiger partial charge in [-0.25, -0.2) is 0 Å². The molecular formula is C26H32ClN3O2. The van der Waals surface area contributed by atoms with E-state index in [4.69, 9.17) is 11.6 Å². The molecule has 2 aromatic rings. The molecule has 1 aliphatic carbocycles. The molecule has 170 valence electrons. The molecular weight excluding hydrogens is 422 g/mol. The van der Waals surface area contributed by atoms with Gasteiger partial charge in [-0.3, -0.25) is 14.5 Å². The standard InChI is InChI=1S/C26H32ClN3O2/c1-26(20-8-4-3-5-9-20)16-22(26)25(32)29-17-21(30-12-6-7-13-30)14-18-10-11-19(15-23(18)27)24(31)28-2/h3-5,8-11,15,21-22H,6-7,12-14,16-17H2,1-2H3,(H,28,31)(H,29,32)/t21?,22-,26-/m1/s1. The third kappa shape index (κ3) is 4.84. The predicted octanol–water partition coefficient (Wildman–Crippen LogP) is 3.80. The molecule has 6 heteroatoms. The number of likely N-dealkylation sites (tertiary alicyclic amines) is 1. The van der Waals surface area contributed by atoms with E-state index in [0.717, 1.165) is 31.5 Å². The van der Waals surface area contributed by atoms with Crippen LogP contribution in [0.3, 0.4) is 0 Å². The SMILES string of the molecule is CNC(=O)c1ccc(CC(CNC(=O)[C@H]2C[C@]2(C)c2ccccc2)N2CCCC2)c(Cl)c1. The molecule has 2 N–H and O–H groups in total. The number of carbonyl (C=O) groups is 2. The predicted molar refractivity (Wildman–Crippen MR) is 128 cm³/mol. The van der Waals surface area contributed by atoms with Crippen molar-refractivity contribution in [2.45, 2.75) is 44.1 Å². The van der Waals surface area contributed by atoms with Gasteiger partial charge in [-0.2, -0.15) is 0 Å². The van der Waals surface area contributed by atoms with Gasteiger partial charge in [0.25, 0.3) is 5.91 Å². The fourth-order valence-electron chi connectivity index (χ4n) is 4.92. The molecule has 2 aliphatic rings. The summed E-state index contributed by atoms with van der Waals surface area (Å²) in [6.45, 7) is 4.87. The molecule has 1 saturated carbocycles. The Morgan fingerprint density at radius 3 is 2.53 bits per heavy atom. The second-order valence-electron chi connectivity index (χ2n) is 9.27. The smallest absolute Gasteiger partial charge is 0.251 e. The average Bonchev–Trinajstić information content (AvgIpc) is 3.23. The second-order valence-corrected chi connectivity index (χ2v) is 9.68. The summed E-state index contributed by atoms with van der Waals surface area (Å²) >= 11 is 6.52. The van der Waals surface area contributed by atoms with Gasteiger partial charge in [0.2, 0.25) is 5.91 Å². The topological polar surface area (TPSA) is 61.4 Å². The Hall–Kier alpha value is -2.37. The highest BCUT2D eigenvalue weighted by Gasteiger charge is 2.55. The van der Waals surface area contributed by atoms with E-state index < -0.39 is 0 Å². The van der Waals surface area contributed by atoms with Gasteiger partial charge in [0, 0.05) is 41.6 Å². The van der Waals surface area contributed by atoms with Crippen LogP contribution in [0.5, 0.6) is 0 Å². The minimum atomic E-state index is -0.146. The zero-order chi connectivity index (χ0) is 22.7. The Morgan fingerprint density at radius 2 is 1.88 bits per heavy atom. The maximum Gasteiger partial charge on any atom is 0.251 e. The Labute approximate surface area is 195 Å². The zero-order valence-corrected chi connectivity index (χ0v) is 19.6. The van der Waals surface area contributed by atoms with Crippen molar-refractivity contribution in [3.63, 3.8) is 0 Å².